The Morgan fingerprint density at radius 1 is 1.21 bits per heavy atom. The van der Waals surface area contributed by atoms with Gasteiger partial charge in [-0.3, -0.25) is 4.90 Å². The van der Waals surface area contributed by atoms with Gasteiger partial charge < -0.3 is 10.2 Å². The summed E-state index contributed by atoms with van der Waals surface area (Å²) in [4.78, 5) is 10.8. The van der Waals surface area contributed by atoms with Gasteiger partial charge in [-0.15, -0.1) is 0 Å². The summed E-state index contributed by atoms with van der Waals surface area (Å²) in [5.41, 5.74) is -0.460. The minimum Gasteiger partial charge on any atom is -0.475 e. The van der Waals surface area contributed by atoms with E-state index >= 15 is 0 Å². The Kier molecular flexibility index (Phi) is 5.37. The minimum atomic E-state index is -5.08. The zero-order chi connectivity index (χ0) is 21.8. The number of aliphatic hydroxyl groups excluding tert-OH is 1. The minimum absolute atomic E-state index is 0.00376. The van der Waals surface area contributed by atoms with Crippen LogP contribution in [0.2, 0.25) is 5.02 Å². The van der Waals surface area contributed by atoms with Crippen molar-refractivity contribution < 1.29 is 41.4 Å². The van der Waals surface area contributed by atoms with Crippen molar-refractivity contribution in [2.75, 3.05) is 19.7 Å². The number of aliphatic hydroxyl groups is 1. The Labute approximate surface area is 167 Å². The van der Waals surface area contributed by atoms with Crippen LogP contribution in [0, 0.1) is 10.8 Å². The molecule has 1 aliphatic heterocycles. The summed E-state index contributed by atoms with van der Waals surface area (Å²) in [6, 6.07) is 5.67. The third-order valence-corrected chi connectivity index (χ3v) is 6.42. The van der Waals surface area contributed by atoms with Crippen molar-refractivity contribution in [2.45, 2.75) is 37.7 Å². The molecule has 3 aliphatic rings. The molecule has 4 nitrogen and oxygen atoms in total. The van der Waals surface area contributed by atoms with Crippen LogP contribution in [-0.4, -0.2) is 53.1 Å². The van der Waals surface area contributed by atoms with E-state index in [0.29, 0.717) is 11.6 Å². The lowest BCUT2D eigenvalue weighted by Crippen LogP contribution is -2.34. The number of carboxylic acids is 1. The Hall–Kier alpha value is -1.52. The molecule has 29 heavy (non-hydrogen) atoms. The first-order valence-electron chi connectivity index (χ1n) is 8.76. The van der Waals surface area contributed by atoms with Gasteiger partial charge in [0.05, 0.1) is 12.0 Å². The molecule has 0 amide bonds. The largest absolute Gasteiger partial charge is 0.490 e. The van der Waals surface area contributed by atoms with Gasteiger partial charge in [-0.2, -0.15) is 26.3 Å². The quantitative estimate of drug-likeness (QED) is 0.670. The molecular weight excluding hydrogens is 428 g/mol. The van der Waals surface area contributed by atoms with Crippen LogP contribution in [0.3, 0.4) is 0 Å². The van der Waals surface area contributed by atoms with Gasteiger partial charge in [0.1, 0.15) is 0 Å². The van der Waals surface area contributed by atoms with Gasteiger partial charge in [0.25, 0.3) is 0 Å². The average Bonchev–Trinajstić information content (AvgIpc) is 2.92. The molecule has 1 heterocycles. The highest BCUT2D eigenvalue weighted by Gasteiger charge is 2.83. The van der Waals surface area contributed by atoms with E-state index in [4.69, 9.17) is 21.5 Å². The van der Waals surface area contributed by atoms with Crippen molar-refractivity contribution in [3.8, 4) is 0 Å². The Bertz CT molecular complexity index is 814. The highest BCUT2D eigenvalue weighted by molar-refractivity contribution is 6.30. The lowest BCUT2D eigenvalue weighted by atomic mass is 9.97. The Morgan fingerprint density at radius 3 is 2.31 bits per heavy atom. The zero-order valence-corrected chi connectivity index (χ0v) is 15.7. The van der Waals surface area contributed by atoms with Gasteiger partial charge >= 0.3 is 18.3 Å². The fraction of sp³-hybridized carbons (Fsp3) is 0.611. The first kappa shape index (κ1) is 22.2. The number of fused-ring (bicyclic) bond motifs is 2. The monoisotopic (exact) mass is 445 g/mol. The fourth-order valence-corrected chi connectivity index (χ4v) is 4.86. The van der Waals surface area contributed by atoms with Crippen molar-refractivity contribution in [1.29, 1.82) is 0 Å². The molecule has 3 atom stereocenters. The van der Waals surface area contributed by atoms with Crippen LogP contribution in [0.4, 0.5) is 26.3 Å². The molecule has 0 spiro atoms. The summed E-state index contributed by atoms with van der Waals surface area (Å²) < 4.78 is 72.2. The molecule has 1 saturated heterocycles. The van der Waals surface area contributed by atoms with E-state index in [-0.39, 0.29) is 25.6 Å². The van der Waals surface area contributed by atoms with Crippen molar-refractivity contribution >= 4 is 17.6 Å². The SMILES string of the molecule is O=C(O)C(F)(F)F.OC[C@@]12CN(C3CCc4cc(Cl)ccc43)C[C@]1(C(F)(F)F)C2. The lowest BCUT2D eigenvalue weighted by molar-refractivity contribution is -0.195. The van der Waals surface area contributed by atoms with Crippen LogP contribution in [0.15, 0.2) is 18.2 Å². The van der Waals surface area contributed by atoms with E-state index < -0.39 is 29.2 Å². The molecule has 2 aliphatic carbocycles. The van der Waals surface area contributed by atoms with E-state index in [2.05, 4.69) is 0 Å². The zero-order valence-electron chi connectivity index (χ0n) is 14.9. The number of benzene rings is 1. The van der Waals surface area contributed by atoms with Crippen LogP contribution in [0.5, 0.6) is 0 Å². The first-order valence-corrected chi connectivity index (χ1v) is 9.14. The molecule has 1 unspecified atom stereocenters. The summed E-state index contributed by atoms with van der Waals surface area (Å²) in [6.07, 6.45) is -7.59. The Morgan fingerprint density at radius 2 is 1.83 bits per heavy atom. The van der Waals surface area contributed by atoms with Gasteiger partial charge in [0.15, 0.2) is 0 Å². The number of hydrogen-bond donors (Lipinski definition) is 2. The van der Waals surface area contributed by atoms with Crippen LogP contribution in [-0.2, 0) is 11.2 Å². The molecular formula is C18H18ClF6NO3. The van der Waals surface area contributed by atoms with E-state index in [1.165, 1.54) is 0 Å². The van der Waals surface area contributed by atoms with Gasteiger partial charge in [-0.05, 0) is 42.5 Å². The van der Waals surface area contributed by atoms with Crippen LogP contribution < -0.4 is 0 Å². The van der Waals surface area contributed by atoms with E-state index in [1.807, 2.05) is 17.0 Å². The van der Waals surface area contributed by atoms with Gasteiger partial charge in [-0.25, -0.2) is 4.79 Å². The number of carboxylic acid groups (broad SMARTS) is 1. The topological polar surface area (TPSA) is 60.8 Å². The number of aliphatic carboxylic acids is 1. The van der Waals surface area contributed by atoms with Crippen LogP contribution >= 0.6 is 11.6 Å². The summed E-state index contributed by atoms with van der Waals surface area (Å²) in [6.45, 7) is -0.0528. The van der Waals surface area contributed by atoms with Gasteiger partial charge in [-0.1, -0.05) is 17.7 Å². The predicted octanol–water partition coefficient (Wildman–Crippen LogP) is 4.21. The Balaban J connectivity index is 0.000000298. The number of hydrogen-bond acceptors (Lipinski definition) is 3. The second kappa shape index (κ2) is 7.02. The smallest absolute Gasteiger partial charge is 0.475 e. The summed E-state index contributed by atoms with van der Waals surface area (Å²) in [7, 11) is 0. The maximum absolute atomic E-state index is 13.5. The number of carbonyl (C=O) groups is 1. The molecule has 162 valence electrons. The molecule has 11 heteroatoms. The number of nitrogens with zero attached hydrogens (tertiary/aromatic N) is 1. The van der Waals surface area contributed by atoms with Crippen LogP contribution in [0.25, 0.3) is 0 Å². The van der Waals surface area contributed by atoms with Crippen LogP contribution in [0.1, 0.15) is 30.0 Å². The standard InChI is InChI=1S/C16H17ClF3NO.C2HF3O2/c17-11-2-3-12-10(5-11)1-4-13(12)21-7-14(9-22)6-15(14,8-21)16(18,19)20;3-2(4,5)1(6)7/h2-3,5,13,22H,1,4,6-9H2;(H,6,7)/t13?,14-,15-;/m1./s1. The highest BCUT2D eigenvalue weighted by Crippen LogP contribution is 2.75. The number of halogens is 7. The van der Waals surface area contributed by atoms with E-state index in [9.17, 15) is 31.4 Å². The molecule has 2 N–H and O–H groups in total. The lowest BCUT2D eigenvalue weighted by Gasteiger charge is -2.28. The second-order valence-electron chi connectivity index (χ2n) is 7.80. The van der Waals surface area contributed by atoms with Gasteiger partial charge in [0, 0.05) is 29.6 Å². The maximum atomic E-state index is 13.5. The molecule has 1 aromatic rings. The van der Waals surface area contributed by atoms with E-state index in [0.717, 1.165) is 24.0 Å². The number of rotatable bonds is 2. The van der Waals surface area contributed by atoms with E-state index in [1.54, 1.807) is 6.07 Å². The molecule has 0 bridgehead atoms. The molecule has 2 fully saturated rings. The summed E-state index contributed by atoms with van der Waals surface area (Å²) in [5.74, 6) is -2.76. The molecule has 0 radical (unpaired) electrons. The fourth-order valence-electron chi connectivity index (χ4n) is 4.67. The molecule has 4 rings (SSSR count). The second-order valence-corrected chi connectivity index (χ2v) is 8.24. The summed E-state index contributed by atoms with van der Waals surface area (Å²) >= 11 is 5.99. The molecule has 1 saturated carbocycles. The molecule has 1 aromatic carbocycles. The number of alkyl halides is 6. The van der Waals surface area contributed by atoms with Crippen molar-refractivity contribution in [3.63, 3.8) is 0 Å². The summed E-state index contributed by atoms with van der Waals surface area (Å²) in [5, 5.41) is 17.3. The van der Waals surface area contributed by atoms with Gasteiger partial charge in [0.2, 0.25) is 0 Å². The number of likely N-dealkylation sites (tertiary alicyclic amines) is 1. The third kappa shape index (κ3) is 3.70. The highest BCUT2D eigenvalue weighted by atomic mass is 35.5. The maximum Gasteiger partial charge on any atom is 0.490 e. The average molecular weight is 446 g/mol. The van der Waals surface area contributed by atoms with Crippen molar-refractivity contribution in [3.05, 3.63) is 34.3 Å². The van der Waals surface area contributed by atoms with Crippen molar-refractivity contribution in [2.24, 2.45) is 10.8 Å². The third-order valence-electron chi connectivity index (χ3n) is 6.19. The predicted molar refractivity (Wildman–Crippen MR) is 90.4 cm³/mol. The normalized spacial score (nSPS) is 31.0. The number of aryl methyl sites for hydroxylation is 1. The molecule has 0 aromatic heterocycles. The first-order chi connectivity index (χ1) is 13.3. The van der Waals surface area contributed by atoms with Crippen molar-refractivity contribution in [1.82, 2.24) is 4.90 Å². The number of piperidine rings is 1.